The van der Waals surface area contributed by atoms with Gasteiger partial charge in [-0.05, 0) is 18.2 Å². The standard InChI is InChI=1S/C21H21F3N6O2/c1-28(12-21(22,23)24)18(31)11-30-16-5-3-2-4-15(16)19(27-30)14-9-29(10-14)20(32)13-6-7-26-17(25)8-13/h2-8,14H,9-12H2,1H3,(H2,25,26). The lowest BCUT2D eigenvalue weighted by atomic mass is 9.93. The Bertz CT molecular complexity index is 1170. The number of hydrogen-bond donors (Lipinski definition) is 1. The highest BCUT2D eigenvalue weighted by molar-refractivity contribution is 5.95. The summed E-state index contributed by atoms with van der Waals surface area (Å²) >= 11 is 0. The van der Waals surface area contributed by atoms with Crippen LogP contribution in [0.4, 0.5) is 19.0 Å². The highest BCUT2D eigenvalue weighted by atomic mass is 19.4. The zero-order valence-electron chi connectivity index (χ0n) is 17.2. The molecule has 0 unspecified atom stereocenters. The van der Waals surface area contributed by atoms with Gasteiger partial charge < -0.3 is 15.5 Å². The van der Waals surface area contributed by atoms with Gasteiger partial charge in [-0.1, -0.05) is 18.2 Å². The lowest BCUT2D eigenvalue weighted by Gasteiger charge is -2.38. The second-order valence-electron chi connectivity index (χ2n) is 7.80. The monoisotopic (exact) mass is 446 g/mol. The van der Waals surface area contributed by atoms with Crippen LogP contribution in [0.1, 0.15) is 22.0 Å². The molecule has 2 amide bonds. The maximum Gasteiger partial charge on any atom is 0.406 e. The van der Waals surface area contributed by atoms with Gasteiger partial charge in [0.15, 0.2) is 0 Å². The zero-order valence-corrected chi connectivity index (χ0v) is 17.2. The molecule has 3 aromatic rings. The molecule has 2 aromatic heterocycles. The summed E-state index contributed by atoms with van der Waals surface area (Å²) in [7, 11) is 1.11. The molecular weight excluding hydrogens is 425 g/mol. The number of benzene rings is 1. The number of fused-ring (bicyclic) bond motifs is 1. The van der Waals surface area contributed by atoms with E-state index in [1.54, 1.807) is 23.1 Å². The van der Waals surface area contributed by atoms with Gasteiger partial charge in [-0.25, -0.2) is 4.98 Å². The molecule has 0 aliphatic carbocycles. The third-order valence-electron chi connectivity index (χ3n) is 5.40. The molecule has 4 rings (SSSR count). The van der Waals surface area contributed by atoms with Gasteiger partial charge in [0.1, 0.15) is 18.9 Å². The quantitative estimate of drug-likeness (QED) is 0.649. The summed E-state index contributed by atoms with van der Waals surface area (Å²) in [5, 5.41) is 5.34. The minimum atomic E-state index is -4.47. The number of nitrogens with zero attached hydrogens (tertiary/aromatic N) is 5. The van der Waals surface area contributed by atoms with Crippen LogP contribution in [0.2, 0.25) is 0 Å². The van der Waals surface area contributed by atoms with Crippen LogP contribution in [-0.4, -0.2) is 69.2 Å². The SMILES string of the molecule is CN(CC(F)(F)F)C(=O)Cn1nc(C2CN(C(=O)c3ccnc(N)c3)C2)c2ccccc21. The second kappa shape index (κ2) is 8.13. The summed E-state index contributed by atoms with van der Waals surface area (Å²) in [5.74, 6) is -0.643. The first-order chi connectivity index (χ1) is 15.1. The average molecular weight is 446 g/mol. The normalized spacial score (nSPS) is 14.4. The first kappa shape index (κ1) is 21.6. The summed E-state index contributed by atoms with van der Waals surface area (Å²) < 4.78 is 39.3. The number of alkyl halides is 3. The van der Waals surface area contributed by atoms with Crippen molar-refractivity contribution in [3.8, 4) is 0 Å². The first-order valence-electron chi connectivity index (χ1n) is 9.89. The Morgan fingerprint density at radius 2 is 1.94 bits per heavy atom. The lowest BCUT2D eigenvalue weighted by molar-refractivity contribution is -0.158. The Morgan fingerprint density at radius 1 is 1.22 bits per heavy atom. The number of anilines is 1. The van der Waals surface area contributed by atoms with Crippen LogP contribution >= 0.6 is 0 Å². The number of likely N-dealkylation sites (N-methyl/N-ethyl adjacent to an activating group) is 1. The smallest absolute Gasteiger partial charge is 0.384 e. The molecule has 0 spiro atoms. The number of hydrogen-bond acceptors (Lipinski definition) is 5. The molecular formula is C21H21F3N6O2. The molecule has 1 fully saturated rings. The van der Waals surface area contributed by atoms with Crippen molar-refractivity contribution in [1.29, 1.82) is 0 Å². The number of pyridine rings is 1. The van der Waals surface area contributed by atoms with Gasteiger partial charge in [-0.15, -0.1) is 0 Å². The number of halogens is 3. The van der Waals surface area contributed by atoms with Crippen LogP contribution in [0, 0.1) is 0 Å². The number of para-hydroxylation sites is 1. The van der Waals surface area contributed by atoms with Gasteiger partial charge in [0, 0.05) is 43.2 Å². The number of carbonyl (C=O) groups is 2. The van der Waals surface area contributed by atoms with E-state index >= 15 is 0 Å². The molecule has 8 nitrogen and oxygen atoms in total. The van der Waals surface area contributed by atoms with Gasteiger partial charge in [0.05, 0.1) is 11.2 Å². The van der Waals surface area contributed by atoms with Crippen molar-refractivity contribution < 1.29 is 22.8 Å². The predicted octanol–water partition coefficient (Wildman–Crippen LogP) is 2.27. The van der Waals surface area contributed by atoms with Crippen LogP contribution in [-0.2, 0) is 11.3 Å². The molecule has 1 saturated heterocycles. The van der Waals surface area contributed by atoms with Crippen LogP contribution in [0.15, 0.2) is 42.6 Å². The van der Waals surface area contributed by atoms with Crippen molar-refractivity contribution in [3.05, 3.63) is 53.9 Å². The van der Waals surface area contributed by atoms with E-state index in [1.807, 2.05) is 12.1 Å². The molecule has 0 bridgehead atoms. The fourth-order valence-electron chi connectivity index (χ4n) is 3.76. The Labute approximate surface area is 181 Å². The molecule has 3 heterocycles. The summed E-state index contributed by atoms with van der Waals surface area (Å²) in [6, 6.07) is 10.3. The van der Waals surface area contributed by atoms with Gasteiger partial charge in [0.25, 0.3) is 5.91 Å². The van der Waals surface area contributed by atoms with Crippen LogP contribution in [0.5, 0.6) is 0 Å². The maximum absolute atomic E-state index is 12.6. The molecule has 0 atom stereocenters. The Hall–Kier alpha value is -3.63. The van der Waals surface area contributed by atoms with E-state index < -0.39 is 18.6 Å². The summed E-state index contributed by atoms with van der Waals surface area (Å²) in [6.45, 7) is -0.760. The van der Waals surface area contributed by atoms with E-state index in [-0.39, 0.29) is 24.2 Å². The molecule has 2 N–H and O–H groups in total. The van der Waals surface area contributed by atoms with Gasteiger partial charge >= 0.3 is 6.18 Å². The molecule has 168 valence electrons. The molecule has 1 aliphatic heterocycles. The van der Waals surface area contributed by atoms with E-state index in [1.165, 1.54) is 16.9 Å². The second-order valence-corrected chi connectivity index (χ2v) is 7.80. The van der Waals surface area contributed by atoms with E-state index in [9.17, 15) is 22.8 Å². The summed E-state index contributed by atoms with van der Waals surface area (Å²) in [5.41, 5.74) is 7.46. The lowest BCUT2D eigenvalue weighted by Crippen LogP contribution is -2.48. The average Bonchev–Trinajstić information content (AvgIpc) is 3.04. The Morgan fingerprint density at radius 3 is 2.62 bits per heavy atom. The van der Waals surface area contributed by atoms with Gasteiger partial charge in [0.2, 0.25) is 5.91 Å². The van der Waals surface area contributed by atoms with Crippen LogP contribution in [0.3, 0.4) is 0 Å². The number of carbonyl (C=O) groups excluding carboxylic acids is 2. The third-order valence-corrected chi connectivity index (χ3v) is 5.40. The molecule has 0 saturated carbocycles. The minimum Gasteiger partial charge on any atom is -0.384 e. The van der Waals surface area contributed by atoms with Crippen molar-refractivity contribution in [1.82, 2.24) is 24.6 Å². The van der Waals surface area contributed by atoms with Crippen LogP contribution in [0.25, 0.3) is 10.9 Å². The Kier molecular flexibility index (Phi) is 5.49. The first-order valence-corrected chi connectivity index (χ1v) is 9.89. The predicted molar refractivity (Wildman–Crippen MR) is 111 cm³/mol. The Balaban J connectivity index is 1.50. The number of nitrogen functional groups attached to an aromatic ring is 1. The van der Waals surface area contributed by atoms with E-state index in [0.717, 1.165) is 12.4 Å². The maximum atomic E-state index is 12.6. The third kappa shape index (κ3) is 4.36. The van der Waals surface area contributed by atoms with Crippen molar-refractivity contribution in [3.63, 3.8) is 0 Å². The fourth-order valence-corrected chi connectivity index (χ4v) is 3.76. The minimum absolute atomic E-state index is 0.0488. The van der Waals surface area contributed by atoms with E-state index in [4.69, 9.17) is 5.73 Å². The highest BCUT2D eigenvalue weighted by Gasteiger charge is 2.36. The van der Waals surface area contributed by atoms with Crippen molar-refractivity contribution >= 4 is 28.5 Å². The largest absolute Gasteiger partial charge is 0.406 e. The molecule has 1 aromatic carbocycles. The van der Waals surface area contributed by atoms with E-state index in [2.05, 4.69) is 10.1 Å². The van der Waals surface area contributed by atoms with Gasteiger partial charge in [-0.2, -0.15) is 18.3 Å². The van der Waals surface area contributed by atoms with Gasteiger partial charge in [-0.3, -0.25) is 14.3 Å². The highest BCUT2D eigenvalue weighted by Crippen LogP contribution is 2.32. The summed E-state index contributed by atoms with van der Waals surface area (Å²) in [4.78, 5) is 31.1. The fraction of sp³-hybridized carbons (Fsp3) is 0.333. The molecule has 32 heavy (non-hydrogen) atoms. The number of amides is 2. The molecule has 0 radical (unpaired) electrons. The van der Waals surface area contributed by atoms with E-state index in [0.29, 0.717) is 34.8 Å². The zero-order chi connectivity index (χ0) is 23.0. The van der Waals surface area contributed by atoms with Crippen molar-refractivity contribution in [2.24, 2.45) is 0 Å². The molecule has 11 heteroatoms. The molecule has 1 aliphatic rings. The number of likely N-dealkylation sites (tertiary alicyclic amines) is 1. The van der Waals surface area contributed by atoms with Crippen molar-refractivity contribution in [2.75, 3.05) is 32.4 Å². The van der Waals surface area contributed by atoms with Crippen molar-refractivity contribution in [2.45, 2.75) is 18.6 Å². The summed E-state index contributed by atoms with van der Waals surface area (Å²) in [6.07, 6.45) is -3.00. The van der Waals surface area contributed by atoms with Crippen LogP contribution < -0.4 is 5.73 Å². The topological polar surface area (TPSA) is 97.4 Å². The number of nitrogens with two attached hydrogens (primary N) is 1. The number of aromatic nitrogens is 3. The number of rotatable bonds is 5.